The zero-order valence-electron chi connectivity index (χ0n) is 11.2. The monoisotopic (exact) mass is 365 g/mol. The molecule has 0 aliphatic carbocycles. The Balaban J connectivity index is 2.33. The van der Waals surface area contributed by atoms with Crippen LogP contribution in [0.4, 0.5) is 0 Å². The Morgan fingerprint density at radius 2 is 2.10 bits per heavy atom. The van der Waals surface area contributed by atoms with Gasteiger partial charge in [0.1, 0.15) is 11.0 Å². The van der Waals surface area contributed by atoms with Crippen LogP contribution in [0.25, 0.3) is 0 Å². The van der Waals surface area contributed by atoms with E-state index in [4.69, 9.17) is 5.26 Å². The number of halogens is 1. The van der Waals surface area contributed by atoms with Gasteiger partial charge in [-0.2, -0.15) is 9.57 Å². The first-order valence-electron chi connectivity index (χ1n) is 6.01. The van der Waals surface area contributed by atoms with E-state index in [2.05, 4.69) is 20.9 Å². The fraction of sp³-hybridized carbons (Fsp3) is 0.143. The van der Waals surface area contributed by atoms with Gasteiger partial charge in [0.2, 0.25) is 10.0 Å². The summed E-state index contributed by atoms with van der Waals surface area (Å²) in [4.78, 5) is 3.71. The molecule has 0 N–H and O–H groups in total. The molecule has 1 aromatic heterocycles. The number of rotatable bonds is 4. The van der Waals surface area contributed by atoms with Crippen LogP contribution in [0.2, 0.25) is 0 Å². The smallest absolute Gasteiger partial charge is 0.244 e. The van der Waals surface area contributed by atoms with Crippen molar-refractivity contribution in [2.45, 2.75) is 11.4 Å². The third-order valence-electron chi connectivity index (χ3n) is 2.86. The SMILES string of the molecule is CN(Cc1cccc(Br)c1)S(=O)(=O)c1cccnc1C#N. The Morgan fingerprint density at radius 3 is 2.76 bits per heavy atom. The van der Waals surface area contributed by atoms with Crippen molar-refractivity contribution in [3.05, 3.63) is 58.3 Å². The third-order valence-corrected chi connectivity index (χ3v) is 5.19. The Kier molecular flexibility index (Phi) is 4.73. The average Bonchev–Trinajstić information content (AvgIpc) is 2.47. The Labute approximate surface area is 132 Å². The molecule has 0 unspecified atom stereocenters. The normalized spacial score (nSPS) is 11.3. The van der Waals surface area contributed by atoms with E-state index >= 15 is 0 Å². The molecule has 0 fully saturated rings. The lowest BCUT2D eigenvalue weighted by Gasteiger charge is -2.17. The van der Waals surface area contributed by atoms with Crippen LogP contribution in [-0.4, -0.2) is 24.8 Å². The van der Waals surface area contributed by atoms with Crippen molar-refractivity contribution in [2.24, 2.45) is 0 Å². The van der Waals surface area contributed by atoms with Crippen LogP contribution in [-0.2, 0) is 16.6 Å². The number of sulfonamides is 1. The minimum atomic E-state index is -3.76. The molecule has 0 aliphatic heterocycles. The molecule has 0 aliphatic rings. The van der Waals surface area contributed by atoms with E-state index in [1.807, 2.05) is 24.3 Å². The molecular weight excluding hydrogens is 354 g/mol. The molecule has 1 aromatic carbocycles. The summed E-state index contributed by atoms with van der Waals surface area (Å²) in [5, 5.41) is 8.99. The van der Waals surface area contributed by atoms with Gasteiger partial charge in [-0.15, -0.1) is 0 Å². The molecule has 0 saturated heterocycles. The van der Waals surface area contributed by atoms with Crippen LogP contribution in [0.1, 0.15) is 11.3 Å². The Bertz CT molecular complexity index is 800. The first-order valence-corrected chi connectivity index (χ1v) is 8.24. The van der Waals surface area contributed by atoms with Crippen LogP contribution in [0.3, 0.4) is 0 Å². The van der Waals surface area contributed by atoms with E-state index in [0.717, 1.165) is 10.0 Å². The largest absolute Gasteiger partial charge is 0.246 e. The summed E-state index contributed by atoms with van der Waals surface area (Å²) in [5.41, 5.74) is 0.747. The quantitative estimate of drug-likeness (QED) is 0.834. The van der Waals surface area contributed by atoms with Gasteiger partial charge in [0.25, 0.3) is 0 Å². The van der Waals surface area contributed by atoms with Crippen LogP contribution >= 0.6 is 15.9 Å². The summed E-state index contributed by atoms with van der Waals surface area (Å²) in [5.74, 6) is 0. The molecule has 2 aromatic rings. The molecule has 0 atom stereocenters. The maximum atomic E-state index is 12.5. The minimum Gasteiger partial charge on any atom is -0.244 e. The number of pyridine rings is 1. The molecule has 0 radical (unpaired) electrons. The molecule has 0 saturated carbocycles. The fourth-order valence-electron chi connectivity index (χ4n) is 1.83. The number of hydrogen-bond donors (Lipinski definition) is 0. The zero-order chi connectivity index (χ0) is 15.5. The van der Waals surface area contributed by atoms with Crippen LogP contribution < -0.4 is 0 Å². The van der Waals surface area contributed by atoms with Gasteiger partial charge in [0.05, 0.1) is 0 Å². The zero-order valence-corrected chi connectivity index (χ0v) is 13.6. The molecule has 0 spiro atoms. The average molecular weight is 366 g/mol. The van der Waals surface area contributed by atoms with E-state index in [1.165, 1.54) is 29.7 Å². The molecule has 0 amide bonds. The van der Waals surface area contributed by atoms with Crippen molar-refractivity contribution in [3.8, 4) is 6.07 Å². The molecule has 108 valence electrons. The molecule has 1 heterocycles. The highest BCUT2D eigenvalue weighted by molar-refractivity contribution is 9.10. The number of nitriles is 1. The van der Waals surface area contributed by atoms with Gasteiger partial charge in [-0.1, -0.05) is 28.1 Å². The topological polar surface area (TPSA) is 74.1 Å². The lowest BCUT2D eigenvalue weighted by Crippen LogP contribution is -2.27. The molecule has 7 heteroatoms. The highest BCUT2D eigenvalue weighted by Gasteiger charge is 2.24. The summed E-state index contributed by atoms with van der Waals surface area (Å²) in [6.45, 7) is 0.210. The number of benzene rings is 1. The van der Waals surface area contributed by atoms with Crippen LogP contribution in [0, 0.1) is 11.3 Å². The summed E-state index contributed by atoms with van der Waals surface area (Å²) in [7, 11) is -2.28. The summed E-state index contributed by atoms with van der Waals surface area (Å²) in [6, 6.07) is 12.1. The van der Waals surface area contributed by atoms with Gasteiger partial charge in [0.15, 0.2) is 5.69 Å². The fourth-order valence-corrected chi connectivity index (χ4v) is 3.52. The highest BCUT2D eigenvalue weighted by atomic mass is 79.9. The van der Waals surface area contributed by atoms with E-state index in [1.54, 1.807) is 6.07 Å². The predicted octanol–water partition coefficient (Wildman–Crippen LogP) is 2.54. The van der Waals surface area contributed by atoms with Gasteiger partial charge in [-0.3, -0.25) is 0 Å². The standard InChI is InChI=1S/C14H12BrN3O2S/c1-18(10-11-4-2-5-12(15)8-11)21(19,20)14-6-3-7-17-13(14)9-16/h2-8H,10H2,1H3. The van der Waals surface area contributed by atoms with Crippen molar-refractivity contribution in [3.63, 3.8) is 0 Å². The molecule has 0 bridgehead atoms. The second-order valence-electron chi connectivity index (χ2n) is 4.35. The molecule has 21 heavy (non-hydrogen) atoms. The van der Waals surface area contributed by atoms with E-state index in [9.17, 15) is 8.42 Å². The first-order chi connectivity index (χ1) is 9.95. The number of aromatic nitrogens is 1. The van der Waals surface area contributed by atoms with Crippen molar-refractivity contribution >= 4 is 26.0 Å². The third kappa shape index (κ3) is 3.47. The van der Waals surface area contributed by atoms with Crippen molar-refractivity contribution in [1.82, 2.24) is 9.29 Å². The highest BCUT2D eigenvalue weighted by Crippen LogP contribution is 2.20. The second-order valence-corrected chi connectivity index (χ2v) is 7.28. The van der Waals surface area contributed by atoms with Crippen LogP contribution in [0.5, 0.6) is 0 Å². The lowest BCUT2D eigenvalue weighted by molar-refractivity contribution is 0.466. The van der Waals surface area contributed by atoms with Gasteiger partial charge >= 0.3 is 0 Å². The maximum absolute atomic E-state index is 12.5. The van der Waals surface area contributed by atoms with Gasteiger partial charge in [0, 0.05) is 24.3 Å². The van der Waals surface area contributed by atoms with E-state index in [0.29, 0.717) is 0 Å². The molecular formula is C14H12BrN3O2S. The summed E-state index contributed by atoms with van der Waals surface area (Å²) < 4.78 is 27.1. The van der Waals surface area contributed by atoms with Crippen molar-refractivity contribution in [2.75, 3.05) is 7.05 Å². The summed E-state index contributed by atoms with van der Waals surface area (Å²) >= 11 is 3.35. The minimum absolute atomic E-state index is 0.0787. The Hall–Kier alpha value is -1.75. The van der Waals surface area contributed by atoms with E-state index < -0.39 is 10.0 Å². The molecule has 5 nitrogen and oxygen atoms in total. The van der Waals surface area contributed by atoms with Crippen LogP contribution in [0.15, 0.2) is 52.0 Å². The Morgan fingerprint density at radius 1 is 1.33 bits per heavy atom. The van der Waals surface area contributed by atoms with Gasteiger partial charge in [-0.25, -0.2) is 13.4 Å². The molecule has 2 rings (SSSR count). The second kappa shape index (κ2) is 6.35. The number of nitrogens with zero attached hydrogens (tertiary/aromatic N) is 3. The number of hydrogen-bond acceptors (Lipinski definition) is 4. The first kappa shape index (κ1) is 15.6. The van der Waals surface area contributed by atoms with Gasteiger partial charge < -0.3 is 0 Å². The van der Waals surface area contributed by atoms with Crippen molar-refractivity contribution in [1.29, 1.82) is 5.26 Å². The maximum Gasteiger partial charge on any atom is 0.246 e. The summed E-state index contributed by atoms with van der Waals surface area (Å²) in [6.07, 6.45) is 1.39. The lowest BCUT2D eigenvalue weighted by atomic mass is 10.2. The van der Waals surface area contributed by atoms with Gasteiger partial charge in [-0.05, 0) is 29.8 Å². The van der Waals surface area contributed by atoms with E-state index in [-0.39, 0.29) is 17.1 Å². The van der Waals surface area contributed by atoms with Crippen molar-refractivity contribution < 1.29 is 8.42 Å². The predicted molar refractivity (Wildman–Crippen MR) is 81.7 cm³/mol.